The fourth-order valence-electron chi connectivity index (χ4n) is 3.57. The van der Waals surface area contributed by atoms with E-state index in [-0.39, 0.29) is 11.6 Å². The van der Waals surface area contributed by atoms with Crippen LogP contribution in [-0.2, 0) is 0 Å². The van der Waals surface area contributed by atoms with Crippen molar-refractivity contribution in [1.29, 1.82) is 0 Å². The summed E-state index contributed by atoms with van der Waals surface area (Å²) in [5.41, 5.74) is 5.71. The van der Waals surface area contributed by atoms with Crippen LogP contribution in [-0.4, -0.2) is 53.4 Å². The van der Waals surface area contributed by atoms with Gasteiger partial charge in [0.25, 0.3) is 0 Å². The van der Waals surface area contributed by atoms with Gasteiger partial charge in [-0.1, -0.05) is 0 Å². The molecule has 2 N–H and O–H groups in total. The monoisotopic (exact) mass is 222 g/mol. The Morgan fingerprint density at radius 1 is 1.31 bits per heavy atom. The van der Waals surface area contributed by atoms with Gasteiger partial charge in [-0.2, -0.15) is 4.99 Å². The highest BCUT2D eigenvalue weighted by atomic mass is 16.2. The largest absolute Gasteiger partial charge is 0.385 e. The Morgan fingerprint density at radius 2 is 1.88 bits per heavy atom. The highest BCUT2D eigenvalue weighted by Crippen LogP contribution is 2.44. The zero-order valence-corrected chi connectivity index (χ0v) is 9.81. The number of carbonyl (C=O) groups is 1. The van der Waals surface area contributed by atoms with Gasteiger partial charge < -0.3 is 15.5 Å². The minimum atomic E-state index is -0.282. The normalized spacial score (nSPS) is 43.2. The van der Waals surface area contributed by atoms with Crippen molar-refractivity contribution in [3.63, 3.8) is 0 Å². The standard InChI is InChI=1S/C11H18N4O/c1-14-7-3-4-8(14)6-11(5-7)9(12)13-10(16)15(11)2/h7-8H,3-6H2,1-2H3,(H2,12,13,16). The molecule has 3 heterocycles. The Bertz CT molecular complexity index is 364. The second kappa shape index (κ2) is 2.97. The first-order valence-corrected chi connectivity index (χ1v) is 5.89. The molecule has 5 heteroatoms. The molecule has 3 aliphatic rings. The molecule has 2 unspecified atom stereocenters. The molecule has 2 amide bonds. The Hall–Kier alpha value is -1.10. The molecule has 0 radical (unpaired) electrons. The van der Waals surface area contributed by atoms with E-state index in [1.165, 1.54) is 12.8 Å². The first-order chi connectivity index (χ1) is 7.54. The van der Waals surface area contributed by atoms with E-state index in [2.05, 4.69) is 16.9 Å². The summed E-state index contributed by atoms with van der Waals surface area (Å²) < 4.78 is 0. The molecule has 0 aliphatic carbocycles. The number of piperidine rings is 1. The summed E-state index contributed by atoms with van der Waals surface area (Å²) in [5, 5.41) is 0. The predicted molar refractivity (Wildman–Crippen MR) is 61.3 cm³/mol. The van der Waals surface area contributed by atoms with Crippen LogP contribution in [0.5, 0.6) is 0 Å². The molecule has 2 bridgehead atoms. The van der Waals surface area contributed by atoms with E-state index in [9.17, 15) is 4.79 Å². The van der Waals surface area contributed by atoms with Crippen molar-refractivity contribution in [2.24, 2.45) is 10.7 Å². The number of nitrogens with zero attached hydrogens (tertiary/aromatic N) is 3. The van der Waals surface area contributed by atoms with Gasteiger partial charge in [0.15, 0.2) is 0 Å². The number of hydrogen-bond acceptors (Lipinski definition) is 3. The van der Waals surface area contributed by atoms with Crippen molar-refractivity contribution in [3.8, 4) is 0 Å². The Morgan fingerprint density at radius 3 is 2.31 bits per heavy atom. The molecule has 1 spiro atoms. The third-order valence-electron chi connectivity index (χ3n) is 4.75. The maximum absolute atomic E-state index is 11.6. The van der Waals surface area contributed by atoms with E-state index >= 15 is 0 Å². The van der Waals surface area contributed by atoms with E-state index in [1.807, 2.05) is 7.05 Å². The second-order valence-electron chi connectivity index (χ2n) is 5.33. The first kappa shape index (κ1) is 10.1. The molecule has 2 fully saturated rings. The van der Waals surface area contributed by atoms with Gasteiger partial charge in [0.05, 0.1) is 0 Å². The lowest BCUT2D eigenvalue weighted by Crippen LogP contribution is -2.61. The topological polar surface area (TPSA) is 61.9 Å². The van der Waals surface area contributed by atoms with E-state index < -0.39 is 0 Å². The van der Waals surface area contributed by atoms with E-state index in [0.29, 0.717) is 17.9 Å². The Balaban J connectivity index is 1.97. The number of aliphatic imine (C=N–C) groups is 1. The third kappa shape index (κ3) is 1.04. The van der Waals surface area contributed by atoms with Gasteiger partial charge in [0.1, 0.15) is 11.4 Å². The number of fused-ring (bicyclic) bond motifs is 2. The van der Waals surface area contributed by atoms with Gasteiger partial charge >= 0.3 is 6.03 Å². The summed E-state index contributed by atoms with van der Waals surface area (Å²) in [5.74, 6) is 0.532. The molecule has 88 valence electrons. The van der Waals surface area contributed by atoms with Crippen molar-refractivity contribution in [2.75, 3.05) is 14.1 Å². The number of urea groups is 1. The van der Waals surface area contributed by atoms with Gasteiger partial charge in [-0.05, 0) is 32.7 Å². The first-order valence-electron chi connectivity index (χ1n) is 5.89. The van der Waals surface area contributed by atoms with Gasteiger partial charge in [-0.15, -0.1) is 0 Å². The van der Waals surface area contributed by atoms with Gasteiger partial charge in [-0.3, -0.25) is 0 Å². The van der Waals surface area contributed by atoms with Crippen LogP contribution in [0, 0.1) is 0 Å². The number of likely N-dealkylation sites (N-methyl/N-ethyl adjacent to an activating group) is 1. The van der Waals surface area contributed by atoms with Crippen molar-refractivity contribution in [1.82, 2.24) is 9.80 Å². The summed E-state index contributed by atoms with van der Waals surface area (Å²) >= 11 is 0. The molecule has 0 aromatic carbocycles. The smallest absolute Gasteiger partial charge is 0.345 e. The fourth-order valence-corrected chi connectivity index (χ4v) is 3.57. The molecular formula is C11H18N4O. The third-order valence-corrected chi connectivity index (χ3v) is 4.75. The summed E-state index contributed by atoms with van der Waals surface area (Å²) in [4.78, 5) is 19.7. The zero-order valence-electron chi connectivity index (χ0n) is 9.81. The van der Waals surface area contributed by atoms with Crippen LogP contribution in [0.2, 0.25) is 0 Å². The van der Waals surface area contributed by atoms with Crippen LogP contribution in [0.3, 0.4) is 0 Å². The van der Waals surface area contributed by atoms with Crippen molar-refractivity contribution in [3.05, 3.63) is 0 Å². The summed E-state index contributed by atoms with van der Waals surface area (Å²) in [6.07, 6.45) is 4.33. The van der Waals surface area contributed by atoms with Crippen LogP contribution in [0.4, 0.5) is 4.79 Å². The zero-order chi connectivity index (χ0) is 11.5. The maximum atomic E-state index is 11.6. The molecule has 16 heavy (non-hydrogen) atoms. The van der Waals surface area contributed by atoms with E-state index in [0.717, 1.165) is 12.8 Å². The average molecular weight is 222 g/mol. The highest BCUT2D eigenvalue weighted by Gasteiger charge is 2.55. The van der Waals surface area contributed by atoms with Crippen LogP contribution >= 0.6 is 0 Å². The molecule has 0 aromatic heterocycles. The average Bonchev–Trinajstić information content (AvgIpc) is 2.61. The number of nitrogens with two attached hydrogens (primary N) is 1. The molecule has 5 nitrogen and oxygen atoms in total. The number of carbonyl (C=O) groups excluding carboxylic acids is 1. The minimum absolute atomic E-state index is 0.179. The molecule has 2 atom stereocenters. The lowest BCUT2D eigenvalue weighted by atomic mass is 9.81. The molecular weight excluding hydrogens is 204 g/mol. The Kier molecular flexibility index (Phi) is 1.87. The molecule has 3 aliphatic heterocycles. The van der Waals surface area contributed by atoms with Crippen molar-refractivity contribution in [2.45, 2.75) is 43.3 Å². The van der Waals surface area contributed by atoms with Gasteiger partial charge in [0.2, 0.25) is 0 Å². The van der Waals surface area contributed by atoms with Gasteiger partial charge in [-0.25, -0.2) is 4.79 Å². The van der Waals surface area contributed by atoms with Gasteiger partial charge in [0, 0.05) is 19.1 Å². The lowest BCUT2D eigenvalue weighted by molar-refractivity contribution is 0.0802. The molecule has 0 saturated carbocycles. The molecule has 2 saturated heterocycles. The number of amidine groups is 1. The van der Waals surface area contributed by atoms with Crippen LogP contribution in [0.25, 0.3) is 0 Å². The summed E-state index contributed by atoms with van der Waals surface area (Å²) in [7, 11) is 4.01. The minimum Gasteiger partial charge on any atom is -0.385 e. The fraction of sp³-hybridized carbons (Fsp3) is 0.818. The van der Waals surface area contributed by atoms with Crippen LogP contribution in [0.15, 0.2) is 4.99 Å². The number of amides is 2. The van der Waals surface area contributed by atoms with Crippen LogP contribution in [0.1, 0.15) is 25.7 Å². The number of hydrogen-bond donors (Lipinski definition) is 1. The second-order valence-corrected chi connectivity index (χ2v) is 5.33. The van der Waals surface area contributed by atoms with E-state index in [4.69, 9.17) is 5.73 Å². The van der Waals surface area contributed by atoms with Crippen molar-refractivity contribution >= 4 is 11.9 Å². The van der Waals surface area contributed by atoms with Crippen molar-refractivity contribution < 1.29 is 4.79 Å². The van der Waals surface area contributed by atoms with E-state index in [1.54, 1.807) is 4.90 Å². The van der Waals surface area contributed by atoms with Crippen LogP contribution < -0.4 is 5.73 Å². The predicted octanol–water partition coefficient (Wildman–Crippen LogP) is 0.404. The highest BCUT2D eigenvalue weighted by molar-refractivity contribution is 6.05. The summed E-state index contributed by atoms with van der Waals surface area (Å²) in [6, 6.07) is 0.933. The molecule has 3 rings (SSSR count). The lowest BCUT2D eigenvalue weighted by Gasteiger charge is -2.46. The maximum Gasteiger partial charge on any atom is 0.345 e. The number of rotatable bonds is 0. The molecule has 0 aromatic rings. The SMILES string of the molecule is CN1C2CCC1CC1(C2)C(N)=NC(=O)N1C. The quantitative estimate of drug-likeness (QED) is 0.645. The Labute approximate surface area is 95.3 Å². The summed E-state index contributed by atoms with van der Waals surface area (Å²) in [6.45, 7) is 0.